The van der Waals surface area contributed by atoms with Crippen LogP contribution in [0.25, 0.3) is 0 Å². The number of benzene rings is 2. The van der Waals surface area contributed by atoms with Crippen LogP contribution >= 0.6 is 0 Å². The summed E-state index contributed by atoms with van der Waals surface area (Å²) in [4.78, 5) is 12.4. The third kappa shape index (κ3) is 5.75. The fraction of sp³-hybridized carbons (Fsp3) is 0.519. The van der Waals surface area contributed by atoms with Gasteiger partial charge in [-0.3, -0.25) is 0 Å². The molecule has 0 spiro atoms. The van der Waals surface area contributed by atoms with Gasteiger partial charge in [0.15, 0.2) is 11.9 Å². The summed E-state index contributed by atoms with van der Waals surface area (Å²) in [5, 5.41) is 2.45. The highest BCUT2D eigenvalue weighted by molar-refractivity contribution is 6.99. The van der Waals surface area contributed by atoms with Crippen molar-refractivity contribution in [3.05, 3.63) is 60.7 Å². The summed E-state index contributed by atoms with van der Waals surface area (Å²) in [6.07, 6.45) is 0.366. The Kier molecular flexibility index (Phi) is 8.16. The molecule has 5 nitrogen and oxygen atoms in total. The molecular formula is C27H38O5Si. The van der Waals surface area contributed by atoms with E-state index in [1.54, 1.807) is 6.92 Å². The lowest BCUT2D eigenvalue weighted by Crippen LogP contribution is -2.66. The first-order chi connectivity index (χ1) is 15.6. The second kappa shape index (κ2) is 10.5. The first kappa shape index (κ1) is 25.6. The lowest BCUT2D eigenvalue weighted by Gasteiger charge is -2.43. The Bertz CT molecular complexity index is 852. The quantitative estimate of drug-likeness (QED) is 0.308. The molecule has 1 saturated heterocycles. The predicted octanol–water partition coefficient (Wildman–Crippen LogP) is 4.43. The zero-order valence-electron chi connectivity index (χ0n) is 20.8. The van der Waals surface area contributed by atoms with Crippen molar-refractivity contribution in [3.8, 4) is 0 Å². The Hall–Kier alpha value is -1.99. The third-order valence-electron chi connectivity index (χ3n) is 6.07. The normalized spacial score (nSPS) is 20.5. The van der Waals surface area contributed by atoms with E-state index in [1.807, 2.05) is 26.0 Å². The Labute approximate surface area is 199 Å². The van der Waals surface area contributed by atoms with Crippen molar-refractivity contribution in [1.82, 2.24) is 0 Å². The Morgan fingerprint density at radius 1 is 0.970 bits per heavy atom. The van der Waals surface area contributed by atoms with Gasteiger partial charge in [0.05, 0.1) is 12.7 Å². The molecule has 0 bridgehead atoms. The average molecular weight is 471 g/mol. The standard InChI is InChI=1S/C27H38O5Si/c1-7-29-25(28)24-23(31-27(5,6)32-24)19-14-20-30-33(26(2,3)4,21-15-10-8-11-16-21)22-17-12-9-13-18-22/h8-13,15-18,23-24H,7,14,19-20H2,1-6H3/t23-,24+/m0/s1. The third-order valence-corrected chi connectivity index (χ3v) is 11.1. The molecule has 1 heterocycles. The number of rotatable bonds is 9. The largest absolute Gasteiger partial charge is 0.464 e. The van der Waals surface area contributed by atoms with Gasteiger partial charge in [0.25, 0.3) is 8.32 Å². The summed E-state index contributed by atoms with van der Waals surface area (Å²) in [5.41, 5.74) is 0. The van der Waals surface area contributed by atoms with Crippen molar-refractivity contribution in [2.24, 2.45) is 0 Å². The van der Waals surface area contributed by atoms with Crippen molar-refractivity contribution in [3.63, 3.8) is 0 Å². The van der Waals surface area contributed by atoms with E-state index >= 15 is 0 Å². The van der Waals surface area contributed by atoms with Gasteiger partial charge in [0.2, 0.25) is 0 Å². The molecule has 0 N–H and O–H groups in total. The van der Waals surface area contributed by atoms with Crippen LogP contribution in [0.15, 0.2) is 60.7 Å². The Morgan fingerprint density at radius 3 is 2.00 bits per heavy atom. The Balaban J connectivity index is 1.79. The van der Waals surface area contributed by atoms with Crippen LogP contribution in [0, 0.1) is 0 Å². The lowest BCUT2D eigenvalue weighted by molar-refractivity contribution is -0.170. The molecular weight excluding hydrogens is 432 g/mol. The number of ether oxygens (including phenoxy) is 3. The van der Waals surface area contributed by atoms with E-state index < -0.39 is 20.2 Å². The van der Waals surface area contributed by atoms with Crippen LogP contribution in [0.2, 0.25) is 5.04 Å². The summed E-state index contributed by atoms with van der Waals surface area (Å²) in [7, 11) is -2.57. The number of esters is 1. The van der Waals surface area contributed by atoms with Crippen LogP contribution in [-0.4, -0.2) is 45.5 Å². The van der Waals surface area contributed by atoms with Gasteiger partial charge in [-0.25, -0.2) is 4.79 Å². The van der Waals surface area contributed by atoms with Gasteiger partial charge in [-0.15, -0.1) is 0 Å². The molecule has 6 heteroatoms. The number of carbonyl (C=O) groups excluding carboxylic acids is 1. The number of hydrogen-bond acceptors (Lipinski definition) is 5. The summed E-state index contributed by atoms with van der Waals surface area (Å²) in [6.45, 7) is 13.2. The van der Waals surface area contributed by atoms with E-state index in [-0.39, 0.29) is 17.1 Å². The number of carbonyl (C=O) groups is 1. The molecule has 3 rings (SSSR count). The van der Waals surface area contributed by atoms with E-state index in [9.17, 15) is 4.79 Å². The van der Waals surface area contributed by atoms with Gasteiger partial charge in [-0.1, -0.05) is 81.4 Å². The molecule has 0 amide bonds. The molecule has 1 fully saturated rings. The maximum Gasteiger partial charge on any atom is 0.338 e. The van der Waals surface area contributed by atoms with Crippen LogP contribution in [0.5, 0.6) is 0 Å². The smallest absolute Gasteiger partial charge is 0.338 e. The minimum absolute atomic E-state index is 0.0713. The summed E-state index contributed by atoms with van der Waals surface area (Å²) < 4.78 is 24.0. The van der Waals surface area contributed by atoms with Gasteiger partial charge in [-0.2, -0.15) is 0 Å². The molecule has 2 aromatic rings. The van der Waals surface area contributed by atoms with Gasteiger partial charge in [-0.05, 0) is 49.0 Å². The molecule has 0 unspecified atom stereocenters. The number of hydrogen-bond donors (Lipinski definition) is 0. The average Bonchev–Trinajstić information content (AvgIpc) is 3.09. The summed E-state index contributed by atoms with van der Waals surface area (Å²) >= 11 is 0. The first-order valence-electron chi connectivity index (χ1n) is 11.9. The van der Waals surface area contributed by atoms with E-state index in [1.165, 1.54) is 10.4 Å². The lowest BCUT2D eigenvalue weighted by atomic mass is 10.1. The van der Waals surface area contributed by atoms with Gasteiger partial charge < -0.3 is 18.6 Å². The van der Waals surface area contributed by atoms with Crippen LogP contribution in [0.1, 0.15) is 54.4 Å². The van der Waals surface area contributed by atoms with Crippen LogP contribution in [-0.2, 0) is 23.4 Å². The van der Waals surface area contributed by atoms with Gasteiger partial charge in [0.1, 0.15) is 0 Å². The topological polar surface area (TPSA) is 54.0 Å². The van der Waals surface area contributed by atoms with Crippen LogP contribution in [0.3, 0.4) is 0 Å². The molecule has 2 aromatic carbocycles. The molecule has 33 heavy (non-hydrogen) atoms. The van der Waals surface area contributed by atoms with Crippen LogP contribution in [0.4, 0.5) is 0 Å². The maximum atomic E-state index is 12.4. The second-order valence-electron chi connectivity index (χ2n) is 10.0. The SMILES string of the molecule is CCOC(=O)[C@@H]1OC(C)(C)O[C@H]1CCCO[Si](c1ccccc1)(c1ccccc1)C(C)(C)C. The van der Waals surface area contributed by atoms with E-state index in [0.717, 1.165) is 6.42 Å². The highest BCUT2D eigenvalue weighted by atomic mass is 28.4. The monoisotopic (exact) mass is 470 g/mol. The molecule has 0 saturated carbocycles. The zero-order valence-corrected chi connectivity index (χ0v) is 21.8. The van der Waals surface area contributed by atoms with E-state index in [2.05, 4.69) is 69.3 Å². The molecule has 0 aromatic heterocycles. The Morgan fingerprint density at radius 2 is 1.52 bits per heavy atom. The molecule has 1 aliphatic heterocycles. The second-order valence-corrected chi connectivity index (χ2v) is 14.3. The highest BCUT2D eigenvalue weighted by Crippen LogP contribution is 2.37. The maximum absolute atomic E-state index is 12.4. The molecule has 0 aliphatic carbocycles. The van der Waals surface area contributed by atoms with Crippen molar-refractivity contribution >= 4 is 24.7 Å². The van der Waals surface area contributed by atoms with E-state index in [4.69, 9.17) is 18.6 Å². The van der Waals surface area contributed by atoms with Crippen molar-refractivity contribution < 1.29 is 23.4 Å². The van der Waals surface area contributed by atoms with E-state index in [0.29, 0.717) is 19.6 Å². The highest BCUT2D eigenvalue weighted by Gasteiger charge is 2.50. The fourth-order valence-electron chi connectivity index (χ4n) is 4.74. The predicted molar refractivity (Wildman–Crippen MR) is 133 cm³/mol. The minimum Gasteiger partial charge on any atom is -0.464 e. The van der Waals surface area contributed by atoms with Gasteiger partial charge >= 0.3 is 5.97 Å². The molecule has 2 atom stereocenters. The van der Waals surface area contributed by atoms with Crippen molar-refractivity contribution in [1.29, 1.82) is 0 Å². The first-order valence-corrected chi connectivity index (χ1v) is 13.8. The summed E-state index contributed by atoms with van der Waals surface area (Å²) in [6, 6.07) is 21.2. The minimum atomic E-state index is -2.57. The van der Waals surface area contributed by atoms with Crippen molar-refractivity contribution in [2.45, 2.75) is 77.4 Å². The fourth-order valence-corrected chi connectivity index (χ4v) is 9.35. The van der Waals surface area contributed by atoms with Crippen LogP contribution < -0.4 is 10.4 Å². The molecule has 1 aliphatic rings. The molecule has 0 radical (unpaired) electrons. The molecule has 180 valence electrons. The zero-order chi connectivity index (χ0) is 24.1. The van der Waals surface area contributed by atoms with Crippen molar-refractivity contribution in [2.75, 3.05) is 13.2 Å². The van der Waals surface area contributed by atoms with Gasteiger partial charge in [0, 0.05) is 6.61 Å². The summed E-state index contributed by atoms with van der Waals surface area (Å²) in [5.74, 6) is -1.16.